The van der Waals surface area contributed by atoms with E-state index in [0.717, 1.165) is 23.2 Å². The number of rotatable bonds is 2. The lowest BCUT2D eigenvalue weighted by molar-refractivity contribution is 0.0703. The number of H-pyrrole nitrogens is 1. The van der Waals surface area contributed by atoms with Crippen LogP contribution >= 0.6 is 11.6 Å². The summed E-state index contributed by atoms with van der Waals surface area (Å²) in [7, 11) is 0. The van der Waals surface area contributed by atoms with Crippen molar-refractivity contribution in [3.8, 4) is 11.3 Å². The lowest BCUT2D eigenvalue weighted by Gasteiger charge is -2.25. The molecule has 0 fully saturated rings. The summed E-state index contributed by atoms with van der Waals surface area (Å²) in [5, 5.41) is 7.58. The number of benzene rings is 1. The lowest BCUT2D eigenvalue weighted by Crippen LogP contribution is -2.35. The monoisotopic (exact) mass is 327 g/mol. The van der Waals surface area contributed by atoms with Crippen LogP contribution in [0.15, 0.2) is 47.0 Å². The predicted octanol–water partition coefficient (Wildman–Crippen LogP) is 3.52. The molecule has 23 heavy (non-hydrogen) atoms. The first-order chi connectivity index (χ1) is 11.2. The molecule has 1 aliphatic rings. The van der Waals surface area contributed by atoms with Crippen LogP contribution in [-0.4, -0.2) is 27.5 Å². The van der Waals surface area contributed by atoms with Crippen molar-refractivity contribution in [3.05, 3.63) is 64.6 Å². The summed E-state index contributed by atoms with van der Waals surface area (Å²) in [5.74, 6) is 0.807. The maximum atomic E-state index is 12.6. The van der Waals surface area contributed by atoms with Crippen molar-refractivity contribution in [2.45, 2.75) is 13.0 Å². The molecule has 1 aliphatic heterocycles. The average molecular weight is 328 g/mol. The largest absolute Gasteiger partial charge is 0.451 e. The lowest BCUT2D eigenvalue weighted by atomic mass is 10.1. The zero-order chi connectivity index (χ0) is 15.8. The normalized spacial score (nSPS) is 13.9. The Bertz CT molecular complexity index is 868. The molecule has 0 bridgehead atoms. The molecule has 1 amide bonds. The molecule has 0 atom stereocenters. The first-order valence-corrected chi connectivity index (χ1v) is 7.75. The van der Waals surface area contributed by atoms with Crippen molar-refractivity contribution in [1.29, 1.82) is 0 Å². The number of fused-ring (bicyclic) bond motifs is 1. The van der Waals surface area contributed by atoms with Crippen molar-refractivity contribution in [2.75, 3.05) is 6.54 Å². The summed E-state index contributed by atoms with van der Waals surface area (Å²) < 4.78 is 5.74. The molecular weight excluding hydrogens is 314 g/mol. The van der Waals surface area contributed by atoms with E-state index in [-0.39, 0.29) is 5.91 Å². The highest BCUT2D eigenvalue weighted by atomic mass is 35.5. The van der Waals surface area contributed by atoms with E-state index < -0.39 is 0 Å². The molecule has 0 saturated heterocycles. The Kier molecular flexibility index (Phi) is 3.42. The highest BCUT2D eigenvalue weighted by Crippen LogP contribution is 2.29. The van der Waals surface area contributed by atoms with Crippen LogP contribution < -0.4 is 0 Å². The van der Waals surface area contributed by atoms with E-state index in [9.17, 15) is 4.79 Å². The van der Waals surface area contributed by atoms with Gasteiger partial charge in [-0.2, -0.15) is 5.10 Å². The third-order valence-electron chi connectivity index (χ3n) is 4.04. The summed E-state index contributed by atoms with van der Waals surface area (Å²) in [6.07, 6.45) is 2.55. The number of amides is 1. The van der Waals surface area contributed by atoms with Gasteiger partial charge >= 0.3 is 0 Å². The number of hydrogen-bond acceptors (Lipinski definition) is 3. The van der Waals surface area contributed by atoms with E-state index >= 15 is 0 Å². The Hall–Kier alpha value is -2.53. The van der Waals surface area contributed by atoms with Crippen molar-refractivity contribution in [2.24, 2.45) is 0 Å². The SMILES string of the molecule is O=C(c1ccc(-c2ccccc2Cl)o1)N1CCc2[nH]ncc2C1. The van der Waals surface area contributed by atoms with Crippen LogP contribution in [0.2, 0.25) is 5.02 Å². The van der Waals surface area contributed by atoms with Gasteiger partial charge in [-0.25, -0.2) is 0 Å². The van der Waals surface area contributed by atoms with Gasteiger partial charge in [-0.1, -0.05) is 23.7 Å². The number of carbonyl (C=O) groups excluding carboxylic acids is 1. The number of halogens is 1. The molecular formula is C17H14ClN3O2. The van der Waals surface area contributed by atoms with Gasteiger partial charge in [0, 0.05) is 36.3 Å². The van der Waals surface area contributed by atoms with E-state index in [0.29, 0.717) is 29.6 Å². The molecule has 4 rings (SSSR count). The molecule has 0 aliphatic carbocycles. The fourth-order valence-corrected chi connectivity index (χ4v) is 3.04. The van der Waals surface area contributed by atoms with E-state index in [2.05, 4.69) is 10.2 Å². The molecule has 0 saturated carbocycles. The number of carbonyl (C=O) groups is 1. The van der Waals surface area contributed by atoms with Crippen LogP contribution in [0, 0.1) is 0 Å². The standard InChI is InChI=1S/C17H14ClN3O2/c18-13-4-2-1-3-12(13)15-5-6-16(23-15)17(22)21-8-7-14-11(10-21)9-19-20-14/h1-6,9H,7-8,10H2,(H,19,20). The number of hydrogen-bond donors (Lipinski definition) is 1. The Morgan fingerprint density at radius 2 is 2.13 bits per heavy atom. The minimum absolute atomic E-state index is 0.116. The highest BCUT2D eigenvalue weighted by Gasteiger charge is 2.25. The molecule has 3 aromatic rings. The molecule has 6 heteroatoms. The van der Waals surface area contributed by atoms with Gasteiger partial charge in [-0.15, -0.1) is 0 Å². The molecule has 3 heterocycles. The zero-order valence-electron chi connectivity index (χ0n) is 12.3. The van der Waals surface area contributed by atoms with E-state index in [1.807, 2.05) is 18.2 Å². The smallest absolute Gasteiger partial charge is 0.289 e. The van der Waals surface area contributed by atoms with Crippen LogP contribution in [-0.2, 0) is 13.0 Å². The molecule has 5 nitrogen and oxygen atoms in total. The fourth-order valence-electron chi connectivity index (χ4n) is 2.81. The van der Waals surface area contributed by atoms with Gasteiger partial charge in [-0.05, 0) is 24.3 Å². The van der Waals surface area contributed by atoms with E-state index in [4.69, 9.17) is 16.0 Å². The van der Waals surface area contributed by atoms with Crippen LogP contribution in [0.5, 0.6) is 0 Å². The Morgan fingerprint density at radius 3 is 3.00 bits per heavy atom. The van der Waals surface area contributed by atoms with Gasteiger partial charge in [0.2, 0.25) is 0 Å². The maximum Gasteiger partial charge on any atom is 0.289 e. The van der Waals surface area contributed by atoms with Gasteiger partial charge in [0.25, 0.3) is 5.91 Å². The van der Waals surface area contributed by atoms with Crippen LogP contribution in [0.3, 0.4) is 0 Å². The van der Waals surface area contributed by atoms with E-state index in [1.54, 1.807) is 29.3 Å². The summed E-state index contributed by atoms with van der Waals surface area (Å²) in [6.45, 7) is 1.20. The minimum atomic E-state index is -0.116. The Balaban J connectivity index is 1.58. The number of nitrogens with one attached hydrogen (secondary N) is 1. The second-order valence-corrected chi connectivity index (χ2v) is 5.90. The quantitative estimate of drug-likeness (QED) is 0.783. The maximum absolute atomic E-state index is 12.6. The van der Waals surface area contributed by atoms with Gasteiger partial charge in [0.05, 0.1) is 11.2 Å². The van der Waals surface area contributed by atoms with Gasteiger partial charge in [0.15, 0.2) is 5.76 Å². The van der Waals surface area contributed by atoms with Crippen molar-refractivity contribution in [1.82, 2.24) is 15.1 Å². The topological polar surface area (TPSA) is 62.1 Å². The van der Waals surface area contributed by atoms with Crippen molar-refractivity contribution >= 4 is 17.5 Å². The summed E-state index contributed by atoms with van der Waals surface area (Å²) in [4.78, 5) is 14.4. The molecule has 1 aromatic carbocycles. The summed E-state index contributed by atoms with van der Waals surface area (Å²) in [6, 6.07) is 10.9. The Morgan fingerprint density at radius 1 is 1.26 bits per heavy atom. The van der Waals surface area contributed by atoms with Crippen LogP contribution in [0.25, 0.3) is 11.3 Å². The van der Waals surface area contributed by atoms with Gasteiger partial charge in [0.1, 0.15) is 5.76 Å². The number of furan rings is 1. The van der Waals surface area contributed by atoms with Gasteiger partial charge < -0.3 is 9.32 Å². The average Bonchev–Trinajstić information content (AvgIpc) is 3.23. The Labute approximate surface area is 137 Å². The van der Waals surface area contributed by atoms with Gasteiger partial charge in [-0.3, -0.25) is 9.89 Å². The van der Waals surface area contributed by atoms with E-state index in [1.165, 1.54) is 0 Å². The number of nitrogens with zero attached hydrogens (tertiary/aromatic N) is 2. The second kappa shape index (κ2) is 5.59. The fraction of sp³-hybridized carbons (Fsp3) is 0.176. The van der Waals surface area contributed by atoms with Crippen molar-refractivity contribution < 1.29 is 9.21 Å². The molecule has 116 valence electrons. The molecule has 2 aromatic heterocycles. The van der Waals surface area contributed by atoms with Crippen LogP contribution in [0.4, 0.5) is 0 Å². The first kappa shape index (κ1) is 14.1. The summed E-state index contributed by atoms with van der Waals surface area (Å²) >= 11 is 6.17. The second-order valence-electron chi connectivity index (χ2n) is 5.49. The van der Waals surface area contributed by atoms with Crippen LogP contribution in [0.1, 0.15) is 21.8 Å². The number of aromatic amines is 1. The third kappa shape index (κ3) is 2.53. The highest BCUT2D eigenvalue weighted by molar-refractivity contribution is 6.33. The molecule has 1 N–H and O–H groups in total. The third-order valence-corrected chi connectivity index (χ3v) is 4.37. The molecule has 0 radical (unpaired) electrons. The number of aromatic nitrogens is 2. The first-order valence-electron chi connectivity index (χ1n) is 7.37. The zero-order valence-corrected chi connectivity index (χ0v) is 13.0. The molecule has 0 spiro atoms. The molecule has 0 unspecified atom stereocenters. The summed E-state index contributed by atoms with van der Waals surface area (Å²) in [5.41, 5.74) is 2.94. The predicted molar refractivity (Wildman–Crippen MR) is 86.2 cm³/mol. The minimum Gasteiger partial charge on any atom is -0.451 e. The van der Waals surface area contributed by atoms with Crippen molar-refractivity contribution in [3.63, 3.8) is 0 Å².